The van der Waals surface area contributed by atoms with Gasteiger partial charge >= 0.3 is 10.4 Å². The first-order valence-electron chi connectivity index (χ1n) is 1.53. The third-order valence-corrected chi connectivity index (χ3v) is 0.682. The van der Waals surface area contributed by atoms with Gasteiger partial charge in [0.15, 0.2) is 0 Å². The van der Waals surface area contributed by atoms with Crippen molar-refractivity contribution in [1.29, 1.82) is 0 Å². The Morgan fingerprint density at radius 2 is 2.12 bits per heavy atom. The van der Waals surface area contributed by atoms with Crippen molar-refractivity contribution < 1.29 is 21.9 Å². The highest BCUT2D eigenvalue weighted by Crippen LogP contribution is 1.80. The van der Waals surface area contributed by atoms with Crippen LogP contribution >= 0.6 is 0 Å². The van der Waals surface area contributed by atoms with Crippen molar-refractivity contribution in [2.45, 2.75) is 0 Å². The SMILES string of the molecule is O=[C]COS(=O)(=O)O. The van der Waals surface area contributed by atoms with Gasteiger partial charge in [0.1, 0.15) is 6.61 Å². The van der Waals surface area contributed by atoms with E-state index in [1.807, 2.05) is 0 Å². The largest absolute Gasteiger partial charge is 0.397 e. The van der Waals surface area contributed by atoms with Gasteiger partial charge in [-0.2, -0.15) is 8.42 Å². The Labute approximate surface area is 46.2 Å². The van der Waals surface area contributed by atoms with Crippen LogP contribution in [0.2, 0.25) is 0 Å². The summed E-state index contributed by atoms with van der Waals surface area (Å²) in [6.07, 6.45) is 1.11. The van der Waals surface area contributed by atoms with Crippen molar-refractivity contribution in [3.05, 3.63) is 0 Å². The van der Waals surface area contributed by atoms with Gasteiger partial charge in [0.2, 0.25) is 6.29 Å². The Morgan fingerprint density at radius 3 is 2.25 bits per heavy atom. The average molecular weight is 139 g/mol. The highest BCUT2D eigenvalue weighted by atomic mass is 32.3. The van der Waals surface area contributed by atoms with Gasteiger partial charge in [0, 0.05) is 0 Å². The second-order valence-corrected chi connectivity index (χ2v) is 1.93. The highest BCUT2D eigenvalue weighted by Gasteiger charge is 2.00. The van der Waals surface area contributed by atoms with Crippen LogP contribution in [0.15, 0.2) is 0 Å². The average Bonchev–Trinajstić information content (AvgIpc) is 1.59. The first-order valence-corrected chi connectivity index (χ1v) is 2.89. The van der Waals surface area contributed by atoms with E-state index in [4.69, 9.17) is 4.55 Å². The molecule has 0 aromatic heterocycles. The molecule has 0 aromatic carbocycles. The summed E-state index contributed by atoms with van der Waals surface area (Å²) in [5.74, 6) is 0. The van der Waals surface area contributed by atoms with Gasteiger partial charge in [-0.25, -0.2) is 4.18 Å². The number of rotatable bonds is 3. The van der Waals surface area contributed by atoms with Crippen LogP contribution in [0.3, 0.4) is 0 Å². The molecule has 47 valence electrons. The van der Waals surface area contributed by atoms with Crippen LogP contribution in [0.1, 0.15) is 0 Å². The number of hydrogen-bond acceptors (Lipinski definition) is 4. The van der Waals surface area contributed by atoms with Crippen LogP contribution in [0.25, 0.3) is 0 Å². The number of carbonyl (C=O) groups excluding carboxylic acids is 1. The van der Waals surface area contributed by atoms with Crippen molar-refractivity contribution in [3.63, 3.8) is 0 Å². The molecule has 0 aliphatic carbocycles. The smallest absolute Gasteiger partial charge is 0.288 e. The van der Waals surface area contributed by atoms with Crippen molar-refractivity contribution in [1.82, 2.24) is 0 Å². The highest BCUT2D eigenvalue weighted by molar-refractivity contribution is 7.80. The molecule has 0 aliphatic heterocycles. The Balaban J connectivity index is 3.57. The molecule has 0 spiro atoms. The molecule has 0 bridgehead atoms. The summed E-state index contributed by atoms with van der Waals surface area (Å²) in [5.41, 5.74) is 0. The van der Waals surface area contributed by atoms with Crippen molar-refractivity contribution in [3.8, 4) is 0 Å². The molecule has 0 aromatic rings. The molecule has 6 heteroatoms. The van der Waals surface area contributed by atoms with Crippen LogP contribution in [0, 0.1) is 0 Å². The first-order chi connectivity index (χ1) is 3.56. The second-order valence-electron chi connectivity index (χ2n) is 0.834. The van der Waals surface area contributed by atoms with E-state index in [1.165, 1.54) is 0 Å². The van der Waals surface area contributed by atoms with E-state index in [0.717, 1.165) is 6.29 Å². The molecule has 0 fully saturated rings. The van der Waals surface area contributed by atoms with Crippen molar-refractivity contribution in [2.75, 3.05) is 6.61 Å². The number of hydrogen-bond donors (Lipinski definition) is 1. The van der Waals surface area contributed by atoms with E-state index in [0.29, 0.717) is 0 Å². The van der Waals surface area contributed by atoms with Crippen LogP contribution in [0.5, 0.6) is 0 Å². The van der Waals surface area contributed by atoms with E-state index in [2.05, 4.69) is 4.18 Å². The summed E-state index contributed by atoms with van der Waals surface area (Å²) in [4.78, 5) is 9.23. The molecule has 0 rings (SSSR count). The van der Waals surface area contributed by atoms with Crippen LogP contribution in [0.4, 0.5) is 0 Å². The third-order valence-electron chi connectivity index (χ3n) is 0.267. The van der Waals surface area contributed by atoms with E-state index in [9.17, 15) is 13.2 Å². The molecule has 0 aliphatic rings. The fourth-order valence-electron chi connectivity index (χ4n) is 0.0985. The summed E-state index contributed by atoms with van der Waals surface area (Å²) in [5, 5.41) is 0. The summed E-state index contributed by atoms with van der Waals surface area (Å²) >= 11 is 0. The Morgan fingerprint density at radius 1 is 1.62 bits per heavy atom. The van der Waals surface area contributed by atoms with Gasteiger partial charge in [-0.3, -0.25) is 9.35 Å². The summed E-state index contributed by atoms with van der Waals surface area (Å²) < 4.78 is 30.3. The monoisotopic (exact) mass is 139 g/mol. The summed E-state index contributed by atoms with van der Waals surface area (Å²) in [7, 11) is -4.45. The van der Waals surface area contributed by atoms with Crippen LogP contribution in [-0.4, -0.2) is 25.9 Å². The molecule has 0 atom stereocenters. The minimum Gasteiger partial charge on any atom is -0.288 e. The minimum atomic E-state index is -4.45. The van der Waals surface area contributed by atoms with E-state index in [-0.39, 0.29) is 0 Å². The lowest BCUT2D eigenvalue weighted by Crippen LogP contribution is -2.04. The van der Waals surface area contributed by atoms with Crippen LogP contribution < -0.4 is 0 Å². The van der Waals surface area contributed by atoms with Gasteiger partial charge in [-0.05, 0) is 0 Å². The Hall–Kier alpha value is -0.460. The standard InChI is InChI=1S/C2H3O5S/c3-1-2-7-8(4,5)6/h2H2,(H,4,5,6). The summed E-state index contributed by atoms with van der Waals surface area (Å²) in [6, 6.07) is 0. The molecular weight excluding hydrogens is 136 g/mol. The molecule has 0 saturated heterocycles. The van der Waals surface area contributed by atoms with Gasteiger partial charge in [0.05, 0.1) is 0 Å². The first kappa shape index (κ1) is 7.54. The lowest BCUT2D eigenvalue weighted by Gasteiger charge is -1.87. The van der Waals surface area contributed by atoms with Gasteiger partial charge < -0.3 is 0 Å². The Kier molecular flexibility index (Phi) is 2.59. The molecule has 0 amide bonds. The maximum Gasteiger partial charge on any atom is 0.397 e. The quantitative estimate of drug-likeness (QED) is 0.503. The lowest BCUT2D eigenvalue weighted by atomic mass is 10.9. The minimum absolute atomic E-state index is 0.765. The fourth-order valence-corrected chi connectivity index (χ4v) is 0.296. The summed E-state index contributed by atoms with van der Waals surface area (Å²) in [6.45, 7) is -0.765. The third kappa shape index (κ3) is 5.54. The molecular formula is C2H3O5S. The van der Waals surface area contributed by atoms with Crippen molar-refractivity contribution >= 4 is 16.7 Å². The normalized spacial score (nSPS) is 11.1. The molecule has 1 radical (unpaired) electrons. The molecule has 0 unspecified atom stereocenters. The van der Waals surface area contributed by atoms with E-state index >= 15 is 0 Å². The molecule has 0 heterocycles. The van der Waals surface area contributed by atoms with Crippen molar-refractivity contribution in [2.24, 2.45) is 0 Å². The zero-order valence-corrected chi connectivity index (χ0v) is 4.51. The molecule has 5 nitrogen and oxygen atoms in total. The van der Waals surface area contributed by atoms with Gasteiger partial charge in [0.25, 0.3) is 0 Å². The zero-order chi connectivity index (χ0) is 6.62. The van der Waals surface area contributed by atoms with E-state index in [1.54, 1.807) is 0 Å². The Bertz CT molecular complexity index is 155. The lowest BCUT2D eigenvalue weighted by molar-refractivity contribution is 0.299. The topological polar surface area (TPSA) is 80.7 Å². The van der Waals surface area contributed by atoms with Gasteiger partial charge in [-0.15, -0.1) is 0 Å². The van der Waals surface area contributed by atoms with E-state index < -0.39 is 17.0 Å². The maximum absolute atomic E-state index is 9.54. The fraction of sp³-hybridized carbons (Fsp3) is 0.500. The molecule has 8 heavy (non-hydrogen) atoms. The predicted octanol–water partition coefficient (Wildman–Crippen LogP) is -1.08. The zero-order valence-electron chi connectivity index (χ0n) is 3.70. The van der Waals surface area contributed by atoms with Crippen LogP contribution in [-0.2, 0) is 19.4 Å². The molecule has 0 saturated carbocycles. The predicted molar refractivity (Wildman–Crippen MR) is 23.2 cm³/mol. The maximum atomic E-state index is 9.54. The molecule has 1 N–H and O–H groups in total. The second kappa shape index (κ2) is 2.75. The van der Waals surface area contributed by atoms with Gasteiger partial charge in [-0.1, -0.05) is 0 Å².